The predicted molar refractivity (Wildman–Crippen MR) is 70.1 cm³/mol. The summed E-state index contributed by atoms with van der Waals surface area (Å²) in [5.74, 6) is 0.252. The van der Waals surface area contributed by atoms with E-state index in [-0.39, 0.29) is 5.82 Å². The van der Waals surface area contributed by atoms with Gasteiger partial charge in [-0.2, -0.15) is 0 Å². The van der Waals surface area contributed by atoms with Crippen molar-refractivity contribution in [2.24, 2.45) is 0 Å². The van der Waals surface area contributed by atoms with E-state index in [4.69, 9.17) is 0 Å². The number of hydrogen-bond donors (Lipinski definition) is 3. The Hall–Kier alpha value is -1.62. The number of H-pyrrole nitrogens is 1. The summed E-state index contributed by atoms with van der Waals surface area (Å²) in [7, 11) is 0. The minimum atomic E-state index is -0.765. The lowest BCUT2D eigenvalue weighted by atomic mass is 10.0. The second kappa shape index (κ2) is 4.94. The quantitative estimate of drug-likeness (QED) is 0.765. The van der Waals surface area contributed by atoms with E-state index in [0.717, 1.165) is 12.8 Å². The van der Waals surface area contributed by atoms with E-state index >= 15 is 0 Å². The SMILES string of the molecule is CCCC(C)(O)CNc1nc2ccc(F)cc2[nH]1. The molecule has 0 saturated heterocycles. The first kappa shape index (κ1) is 12.8. The standard InChI is InChI=1S/C13H18FN3O/c1-3-6-13(2,18)8-15-12-16-10-5-4-9(14)7-11(10)17-12/h4-5,7,18H,3,6,8H2,1-2H3,(H2,15,16,17). The van der Waals surface area contributed by atoms with Crippen molar-refractivity contribution in [1.82, 2.24) is 9.97 Å². The van der Waals surface area contributed by atoms with Crippen LogP contribution in [0, 0.1) is 5.82 Å². The van der Waals surface area contributed by atoms with Crippen molar-refractivity contribution in [3.8, 4) is 0 Å². The molecule has 0 aliphatic rings. The van der Waals surface area contributed by atoms with Crippen molar-refractivity contribution in [3.05, 3.63) is 24.0 Å². The maximum Gasteiger partial charge on any atom is 0.201 e. The van der Waals surface area contributed by atoms with Crippen LogP contribution < -0.4 is 5.32 Å². The van der Waals surface area contributed by atoms with Crippen LogP contribution in [0.5, 0.6) is 0 Å². The van der Waals surface area contributed by atoms with Crippen LogP contribution in [0.25, 0.3) is 11.0 Å². The van der Waals surface area contributed by atoms with E-state index in [0.29, 0.717) is 23.5 Å². The molecule has 0 saturated carbocycles. The smallest absolute Gasteiger partial charge is 0.201 e. The summed E-state index contributed by atoms with van der Waals surface area (Å²) in [4.78, 5) is 7.25. The normalized spacial score (nSPS) is 14.7. The molecule has 4 nitrogen and oxygen atoms in total. The Morgan fingerprint density at radius 3 is 3.00 bits per heavy atom. The lowest BCUT2D eigenvalue weighted by molar-refractivity contribution is 0.0635. The second-order valence-electron chi connectivity index (χ2n) is 4.85. The second-order valence-corrected chi connectivity index (χ2v) is 4.85. The van der Waals surface area contributed by atoms with Crippen molar-refractivity contribution in [1.29, 1.82) is 0 Å². The zero-order valence-corrected chi connectivity index (χ0v) is 10.6. The number of hydrogen-bond acceptors (Lipinski definition) is 3. The van der Waals surface area contributed by atoms with Crippen LogP contribution in [0.3, 0.4) is 0 Å². The predicted octanol–water partition coefficient (Wildman–Crippen LogP) is 2.67. The Balaban J connectivity index is 2.08. The third-order valence-electron chi connectivity index (χ3n) is 2.87. The molecule has 18 heavy (non-hydrogen) atoms. The number of halogens is 1. The van der Waals surface area contributed by atoms with E-state index in [1.807, 2.05) is 6.92 Å². The van der Waals surface area contributed by atoms with Gasteiger partial charge >= 0.3 is 0 Å². The van der Waals surface area contributed by atoms with Crippen LogP contribution in [0.2, 0.25) is 0 Å². The fourth-order valence-electron chi connectivity index (χ4n) is 1.97. The first-order chi connectivity index (χ1) is 8.50. The maximum absolute atomic E-state index is 13.0. The summed E-state index contributed by atoms with van der Waals surface area (Å²) >= 11 is 0. The van der Waals surface area contributed by atoms with Gasteiger partial charge in [0.2, 0.25) is 5.95 Å². The first-order valence-corrected chi connectivity index (χ1v) is 6.12. The Labute approximate surface area is 105 Å². The lowest BCUT2D eigenvalue weighted by Gasteiger charge is -2.22. The maximum atomic E-state index is 13.0. The summed E-state index contributed by atoms with van der Waals surface area (Å²) in [5, 5.41) is 13.1. The monoisotopic (exact) mass is 251 g/mol. The molecule has 5 heteroatoms. The number of anilines is 1. The Morgan fingerprint density at radius 2 is 2.28 bits per heavy atom. The summed E-state index contributed by atoms with van der Waals surface area (Å²) in [6.07, 6.45) is 1.63. The molecule has 2 rings (SSSR count). The number of aromatic nitrogens is 2. The van der Waals surface area contributed by atoms with Gasteiger partial charge in [-0.1, -0.05) is 13.3 Å². The van der Waals surface area contributed by atoms with Crippen LogP contribution >= 0.6 is 0 Å². The van der Waals surface area contributed by atoms with Crippen molar-refractivity contribution >= 4 is 17.0 Å². The molecular formula is C13H18FN3O. The molecule has 0 radical (unpaired) electrons. The van der Waals surface area contributed by atoms with Gasteiger partial charge in [-0.3, -0.25) is 0 Å². The zero-order chi connectivity index (χ0) is 13.2. The Kier molecular flexibility index (Phi) is 3.52. The molecule has 0 fully saturated rings. The van der Waals surface area contributed by atoms with Gasteiger partial charge in [0.05, 0.1) is 16.6 Å². The van der Waals surface area contributed by atoms with Crippen LogP contribution in [-0.2, 0) is 0 Å². The van der Waals surface area contributed by atoms with Gasteiger partial charge in [-0.05, 0) is 31.5 Å². The third-order valence-corrected chi connectivity index (χ3v) is 2.87. The molecule has 0 amide bonds. The van der Waals surface area contributed by atoms with Crippen molar-refractivity contribution in [3.63, 3.8) is 0 Å². The van der Waals surface area contributed by atoms with Gasteiger partial charge in [-0.15, -0.1) is 0 Å². The van der Waals surface area contributed by atoms with E-state index in [9.17, 15) is 9.50 Å². The first-order valence-electron chi connectivity index (χ1n) is 6.12. The molecule has 98 valence electrons. The summed E-state index contributed by atoms with van der Waals surface area (Å²) in [5.41, 5.74) is 0.584. The van der Waals surface area contributed by atoms with E-state index in [1.165, 1.54) is 12.1 Å². The topological polar surface area (TPSA) is 60.9 Å². The highest BCUT2D eigenvalue weighted by atomic mass is 19.1. The highest BCUT2D eigenvalue weighted by Crippen LogP contribution is 2.17. The van der Waals surface area contributed by atoms with Gasteiger partial charge in [0.1, 0.15) is 5.82 Å². The summed E-state index contributed by atoms with van der Waals surface area (Å²) in [6, 6.07) is 4.40. The highest BCUT2D eigenvalue weighted by molar-refractivity contribution is 5.77. The number of benzene rings is 1. The number of nitrogens with zero attached hydrogens (tertiary/aromatic N) is 1. The van der Waals surface area contributed by atoms with Gasteiger partial charge < -0.3 is 15.4 Å². The molecule has 1 atom stereocenters. The molecule has 0 aliphatic heterocycles. The number of aliphatic hydroxyl groups is 1. The lowest BCUT2D eigenvalue weighted by Crippen LogP contribution is -2.33. The van der Waals surface area contributed by atoms with Crippen molar-refractivity contribution in [2.45, 2.75) is 32.3 Å². The molecule has 0 spiro atoms. The van der Waals surface area contributed by atoms with Crippen LogP contribution in [0.4, 0.5) is 10.3 Å². The zero-order valence-electron chi connectivity index (χ0n) is 10.6. The van der Waals surface area contributed by atoms with E-state index < -0.39 is 5.60 Å². The minimum absolute atomic E-state index is 0.296. The molecule has 0 bridgehead atoms. The number of fused-ring (bicyclic) bond motifs is 1. The Morgan fingerprint density at radius 1 is 1.50 bits per heavy atom. The van der Waals surface area contributed by atoms with Gasteiger partial charge in [-0.25, -0.2) is 9.37 Å². The van der Waals surface area contributed by atoms with Crippen molar-refractivity contribution in [2.75, 3.05) is 11.9 Å². The largest absolute Gasteiger partial charge is 0.388 e. The minimum Gasteiger partial charge on any atom is -0.388 e. The molecular weight excluding hydrogens is 233 g/mol. The number of rotatable bonds is 5. The third kappa shape index (κ3) is 2.98. The molecule has 1 aromatic heterocycles. The van der Waals surface area contributed by atoms with Crippen LogP contribution in [0.15, 0.2) is 18.2 Å². The molecule has 1 aromatic carbocycles. The number of imidazole rings is 1. The molecule has 3 N–H and O–H groups in total. The highest BCUT2D eigenvalue weighted by Gasteiger charge is 2.19. The molecule has 0 aliphatic carbocycles. The van der Waals surface area contributed by atoms with Gasteiger partial charge in [0, 0.05) is 6.54 Å². The fraction of sp³-hybridized carbons (Fsp3) is 0.462. The molecule has 1 heterocycles. The van der Waals surface area contributed by atoms with Crippen molar-refractivity contribution < 1.29 is 9.50 Å². The average molecular weight is 251 g/mol. The molecule has 2 aromatic rings. The van der Waals surface area contributed by atoms with E-state index in [1.54, 1.807) is 13.0 Å². The summed E-state index contributed by atoms with van der Waals surface area (Å²) in [6.45, 7) is 4.22. The number of aromatic amines is 1. The van der Waals surface area contributed by atoms with Crippen LogP contribution in [0.1, 0.15) is 26.7 Å². The van der Waals surface area contributed by atoms with E-state index in [2.05, 4.69) is 15.3 Å². The average Bonchev–Trinajstić information content (AvgIpc) is 2.68. The van der Waals surface area contributed by atoms with Gasteiger partial charge in [0.25, 0.3) is 0 Å². The fourth-order valence-corrected chi connectivity index (χ4v) is 1.97. The number of nitrogens with one attached hydrogen (secondary N) is 2. The van der Waals surface area contributed by atoms with Gasteiger partial charge in [0.15, 0.2) is 0 Å². The summed E-state index contributed by atoms with van der Waals surface area (Å²) < 4.78 is 13.0. The molecule has 1 unspecified atom stereocenters. The van der Waals surface area contributed by atoms with Crippen LogP contribution in [-0.4, -0.2) is 27.2 Å². The Bertz CT molecular complexity index is 536.